The number of benzene rings is 1. The molecule has 6 rings (SSSR count). The number of aryl methyl sites for hydroxylation is 1. The standard InChI is InChI=1S/C33H49NO3/c1-20-6-5-7-29-24(20)15-17-34(29)31(37)13-8-21(2)26-11-12-27-25-10-9-22-18-23(35)14-16-32(22,3)28(25)19-30(36)33(26,27)4/h5-7,21-23,25-28,30,35-36H,8-19H2,1-4H3/t21-,22-,23-,25+,26-,27+,28+,30+,32+,33-/m1/s1. The minimum atomic E-state index is -0.250. The van der Waals surface area contributed by atoms with Gasteiger partial charge in [0.15, 0.2) is 0 Å². The summed E-state index contributed by atoms with van der Waals surface area (Å²) in [5.74, 6) is 3.74. The minimum Gasteiger partial charge on any atom is -0.393 e. The van der Waals surface area contributed by atoms with Gasteiger partial charge in [0.2, 0.25) is 5.91 Å². The van der Waals surface area contributed by atoms with E-state index in [0.717, 1.165) is 50.8 Å². The quantitative estimate of drug-likeness (QED) is 0.503. The van der Waals surface area contributed by atoms with Crippen molar-refractivity contribution in [1.29, 1.82) is 0 Å². The molecule has 1 aliphatic heterocycles. The van der Waals surface area contributed by atoms with Crippen molar-refractivity contribution in [3.63, 3.8) is 0 Å². The second-order valence-corrected chi connectivity index (χ2v) is 14.3. The molecular formula is C33H49NO3. The van der Waals surface area contributed by atoms with Crippen LogP contribution < -0.4 is 4.90 Å². The smallest absolute Gasteiger partial charge is 0.227 e. The highest BCUT2D eigenvalue weighted by Crippen LogP contribution is 2.68. The third-order valence-electron chi connectivity index (χ3n) is 12.9. The van der Waals surface area contributed by atoms with E-state index in [1.807, 2.05) is 4.90 Å². The highest BCUT2D eigenvalue weighted by Gasteiger charge is 2.63. The van der Waals surface area contributed by atoms with E-state index < -0.39 is 0 Å². The van der Waals surface area contributed by atoms with E-state index in [9.17, 15) is 15.0 Å². The number of carbonyl (C=O) groups excluding carboxylic acids is 1. The summed E-state index contributed by atoms with van der Waals surface area (Å²) >= 11 is 0. The first-order valence-electron chi connectivity index (χ1n) is 15.4. The van der Waals surface area contributed by atoms with Crippen LogP contribution in [0.2, 0.25) is 0 Å². The normalized spacial score (nSPS) is 43.5. The van der Waals surface area contributed by atoms with Gasteiger partial charge >= 0.3 is 0 Å². The van der Waals surface area contributed by atoms with Crippen LogP contribution in [0.5, 0.6) is 0 Å². The molecule has 10 atom stereocenters. The second-order valence-electron chi connectivity index (χ2n) is 14.3. The highest BCUT2D eigenvalue weighted by atomic mass is 16.3. The van der Waals surface area contributed by atoms with Crippen molar-refractivity contribution in [2.24, 2.45) is 46.3 Å². The van der Waals surface area contributed by atoms with Crippen molar-refractivity contribution in [3.05, 3.63) is 29.3 Å². The number of fused-ring (bicyclic) bond motifs is 6. The summed E-state index contributed by atoms with van der Waals surface area (Å²) in [6.07, 6.45) is 11.0. The Balaban J connectivity index is 1.14. The molecule has 2 N–H and O–H groups in total. The molecule has 4 nitrogen and oxygen atoms in total. The van der Waals surface area contributed by atoms with Crippen LogP contribution in [-0.4, -0.2) is 34.9 Å². The highest BCUT2D eigenvalue weighted by molar-refractivity contribution is 5.95. The van der Waals surface area contributed by atoms with Gasteiger partial charge in [0.1, 0.15) is 0 Å². The number of hydrogen-bond donors (Lipinski definition) is 2. The summed E-state index contributed by atoms with van der Waals surface area (Å²) in [7, 11) is 0. The average molecular weight is 508 g/mol. The molecule has 0 bridgehead atoms. The fraction of sp³-hybridized carbons (Fsp3) is 0.788. The Morgan fingerprint density at radius 3 is 2.70 bits per heavy atom. The Morgan fingerprint density at radius 1 is 1.08 bits per heavy atom. The van der Waals surface area contributed by atoms with Crippen LogP contribution in [0.3, 0.4) is 0 Å². The molecule has 5 aliphatic rings. The lowest BCUT2D eigenvalue weighted by atomic mass is 9.43. The lowest BCUT2D eigenvalue weighted by Gasteiger charge is -2.62. The summed E-state index contributed by atoms with van der Waals surface area (Å²) < 4.78 is 0. The van der Waals surface area contributed by atoms with Crippen LogP contribution in [0.15, 0.2) is 18.2 Å². The minimum absolute atomic E-state index is 0.0294. The number of carbonyl (C=O) groups is 1. The molecule has 4 aliphatic carbocycles. The third-order valence-corrected chi connectivity index (χ3v) is 12.9. The number of aliphatic hydroxyl groups is 2. The van der Waals surface area contributed by atoms with Crippen LogP contribution in [0.4, 0.5) is 5.69 Å². The summed E-state index contributed by atoms with van der Waals surface area (Å²) in [6, 6.07) is 6.33. The predicted octanol–water partition coefficient (Wildman–Crippen LogP) is 6.29. The number of anilines is 1. The largest absolute Gasteiger partial charge is 0.393 e. The molecule has 0 radical (unpaired) electrons. The first kappa shape index (κ1) is 25.9. The Labute approximate surface area is 224 Å². The Kier molecular flexibility index (Phi) is 6.55. The lowest BCUT2D eigenvalue weighted by Crippen LogP contribution is -2.58. The predicted molar refractivity (Wildman–Crippen MR) is 148 cm³/mol. The van der Waals surface area contributed by atoms with Gasteiger partial charge in [-0.3, -0.25) is 4.79 Å². The number of amides is 1. The van der Waals surface area contributed by atoms with Gasteiger partial charge in [-0.2, -0.15) is 0 Å². The lowest BCUT2D eigenvalue weighted by molar-refractivity contribution is -0.174. The molecule has 1 aromatic carbocycles. The molecule has 4 fully saturated rings. The number of rotatable bonds is 4. The van der Waals surface area contributed by atoms with Crippen LogP contribution in [0.1, 0.15) is 96.1 Å². The van der Waals surface area contributed by atoms with Crippen molar-refractivity contribution in [3.8, 4) is 0 Å². The van der Waals surface area contributed by atoms with Gasteiger partial charge in [0.25, 0.3) is 0 Å². The van der Waals surface area contributed by atoms with Gasteiger partial charge in [-0.15, -0.1) is 0 Å². The summed E-state index contributed by atoms with van der Waals surface area (Å²) in [5.41, 5.74) is 4.01. The number of hydrogen-bond acceptors (Lipinski definition) is 3. The van der Waals surface area contributed by atoms with E-state index in [0.29, 0.717) is 41.9 Å². The molecule has 37 heavy (non-hydrogen) atoms. The van der Waals surface area contributed by atoms with Crippen LogP contribution in [-0.2, 0) is 11.2 Å². The van der Waals surface area contributed by atoms with Crippen LogP contribution in [0.25, 0.3) is 0 Å². The van der Waals surface area contributed by atoms with Crippen LogP contribution in [0, 0.1) is 53.3 Å². The maximum atomic E-state index is 13.3. The Morgan fingerprint density at radius 2 is 1.89 bits per heavy atom. The molecule has 1 heterocycles. The van der Waals surface area contributed by atoms with Gasteiger partial charge in [0, 0.05) is 18.7 Å². The average Bonchev–Trinajstić information content (AvgIpc) is 3.47. The van der Waals surface area contributed by atoms with Crippen LogP contribution >= 0.6 is 0 Å². The topological polar surface area (TPSA) is 60.8 Å². The molecular weight excluding hydrogens is 458 g/mol. The fourth-order valence-corrected chi connectivity index (χ4v) is 10.7. The summed E-state index contributed by atoms with van der Waals surface area (Å²) in [6.45, 7) is 10.2. The summed E-state index contributed by atoms with van der Waals surface area (Å²) in [4.78, 5) is 15.3. The van der Waals surface area contributed by atoms with Gasteiger partial charge in [-0.25, -0.2) is 0 Å². The van der Waals surface area contributed by atoms with Crippen molar-refractivity contribution in [1.82, 2.24) is 0 Å². The van der Waals surface area contributed by atoms with Crippen molar-refractivity contribution >= 4 is 11.6 Å². The van der Waals surface area contributed by atoms with Gasteiger partial charge in [-0.05, 0) is 135 Å². The molecule has 4 heteroatoms. The Hall–Kier alpha value is -1.39. The zero-order chi connectivity index (χ0) is 26.1. The number of nitrogens with zero attached hydrogens (tertiary/aromatic N) is 1. The molecule has 0 saturated heterocycles. The van der Waals surface area contributed by atoms with E-state index in [1.165, 1.54) is 36.8 Å². The first-order chi connectivity index (χ1) is 17.6. The molecule has 1 aromatic rings. The fourth-order valence-electron chi connectivity index (χ4n) is 10.7. The van der Waals surface area contributed by atoms with E-state index in [2.05, 4.69) is 45.9 Å². The van der Waals surface area contributed by atoms with E-state index in [4.69, 9.17) is 0 Å². The first-order valence-corrected chi connectivity index (χ1v) is 15.4. The maximum absolute atomic E-state index is 13.3. The third kappa shape index (κ3) is 3.94. The molecule has 0 aromatic heterocycles. The molecule has 4 saturated carbocycles. The van der Waals surface area contributed by atoms with Crippen molar-refractivity contribution < 1.29 is 15.0 Å². The van der Waals surface area contributed by atoms with Gasteiger partial charge < -0.3 is 15.1 Å². The molecule has 204 valence electrons. The zero-order valence-corrected chi connectivity index (χ0v) is 23.6. The second kappa shape index (κ2) is 9.37. The van der Waals surface area contributed by atoms with Gasteiger partial charge in [-0.1, -0.05) is 32.9 Å². The zero-order valence-electron chi connectivity index (χ0n) is 23.6. The molecule has 1 amide bonds. The van der Waals surface area contributed by atoms with E-state index >= 15 is 0 Å². The molecule has 0 spiro atoms. The number of aliphatic hydroxyl groups excluding tert-OH is 2. The monoisotopic (exact) mass is 507 g/mol. The maximum Gasteiger partial charge on any atom is 0.227 e. The molecule has 0 unspecified atom stereocenters. The van der Waals surface area contributed by atoms with E-state index in [1.54, 1.807) is 0 Å². The summed E-state index contributed by atoms with van der Waals surface area (Å²) in [5, 5.41) is 22.2. The van der Waals surface area contributed by atoms with Gasteiger partial charge in [0.05, 0.1) is 12.2 Å². The Bertz CT molecular complexity index is 1040. The van der Waals surface area contributed by atoms with Crippen molar-refractivity contribution in [2.45, 2.75) is 111 Å². The van der Waals surface area contributed by atoms with E-state index in [-0.39, 0.29) is 28.9 Å². The SMILES string of the molecule is Cc1cccc2c1CCN2C(=O)CC[C@@H](C)[C@H]1CC[C@H]2[C@@H]3CC[C@@H]4C[C@H](O)CC[C@]4(C)[C@H]3C[C@H](O)[C@]12C. The van der Waals surface area contributed by atoms with Crippen molar-refractivity contribution in [2.75, 3.05) is 11.4 Å².